The van der Waals surface area contributed by atoms with E-state index in [2.05, 4.69) is 0 Å². The lowest BCUT2D eigenvalue weighted by Gasteiger charge is -2.28. The molecule has 1 heterocycles. The zero-order valence-corrected chi connectivity index (χ0v) is 10.8. The Kier molecular flexibility index (Phi) is 3.59. The Morgan fingerprint density at radius 3 is 2.53 bits per heavy atom. The molecule has 1 aromatic carbocycles. The first-order valence-corrected chi connectivity index (χ1v) is 7.07. The van der Waals surface area contributed by atoms with E-state index >= 15 is 0 Å². The van der Waals surface area contributed by atoms with Crippen LogP contribution in [-0.2, 0) is 29.5 Å². The molecule has 4 nitrogen and oxygen atoms in total. The van der Waals surface area contributed by atoms with Gasteiger partial charge in [0.05, 0.1) is 0 Å². The average molecular weight is 294 g/mol. The molecule has 106 valence electrons. The largest absolute Gasteiger partial charge is 0.511 e. The highest BCUT2D eigenvalue weighted by Gasteiger charge is 2.50. The van der Waals surface area contributed by atoms with Crippen molar-refractivity contribution >= 4 is 10.0 Å². The van der Waals surface area contributed by atoms with E-state index < -0.39 is 15.5 Å². The summed E-state index contributed by atoms with van der Waals surface area (Å²) >= 11 is 0. The van der Waals surface area contributed by atoms with Gasteiger partial charge in [-0.05, 0) is 23.1 Å². The molecule has 0 amide bonds. The number of benzene rings is 1. The molecule has 0 radical (unpaired) electrons. The molecule has 1 aromatic rings. The van der Waals surface area contributed by atoms with Crippen LogP contribution in [0.4, 0.5) is 13.2 Å². The fourth-order valence-corrected chi connectivity index (χ4v) is 3.00. The Bertz CT molecular complexity index is 584. The summed E-state index contributed by atoms with van der Waals surface area (Å²) in [7, 11) is -5.26. The van der Waals surface area contributed by atoms with Crippen molar-refractivity contribution in [3.63, 3.8) is 0 Å². The minimum Gasteiger partial charge on any atom is -0.326 e. The van der Waals surface area contributed by atoms with Gasteiger partial charge in [-0.2, -0.15) is 17.5 Å². The minimum absolute atomic E-state index is 0.156. The summed E-state index contributed by atoms with van der Waals surface area (Å²) in [5, 5.41) is 0. The van der Waals surface area contributed by atoms with E-state index in [0.29, 0.717) is 9.87 Å². The number of rotatable bonds is 2. The molecule has 0 bridgehead atoms. The van der Waals surface area contributed by atoms with Crippen LogP contribution in [0.25, 0.3) is 0 Å². The maximum absolute atomic E-state index is 12.5. The van der Waals surface area contributed by atoms with Crippen LogP contribution < -0.4 is 5.73 Å². The van der Waals surface area contributed by atoms with E-state index in [-0.39, 0.29) is 26.1 Å². The molecule has 0 saturated carbocycles. The molecular formula is C11H13F3N2O2S. The van der Waals surface area contributed by atoms with Crippen LogP contribution in [0.1, 0.15) is 16.7 Å². The van der Waals surface area contributed by atoms with Crippen molar-refractivity contribution in [2.75, 3.05) is 6.54 Å². The number of halogens is 3. The van der Waals surface area contributed by atoms with Crippen LogP contribution in [0.3, 0.4) is 0 Å². The predicted octanol–water partition coefficient (Wildman–Crippen LogP) is 1.35. The van der Waals surface area contributed by atoms with Crippen LogP contribution in [0, 0.1) is 0 Å². The summed E-state index contributed by atoms with van der Waals surface area (Å²) < 4.78 is 60.6. The number of hydrogen-bond acceptors (Lipinski definition) is 3. The zero-order chi connectivity index (χ0) is 14.3. The topological polar surface area (TPSA) is 63.4 Å². The molecule has 1 aliphatic heterocycles. The molecule has 0 atom stereocenters. The average Bonchev–Trinajstić information content (AvgIpc) is 2.36. The van der Waals surface area contributed by atoms with Crippen LogP contribution in [-0.4, -0.2) is 24.8 Å². The maximum atomic E-state index is 12.5. The van der Waals surface area contributed by atoms with Crippen molar-refractivity contribution in [1.82, 2.24) is 4.31 Å². The normalized spacial score (nSPS) is 17.3. The highest BCUT2D eigenvalue weighted by molar-refractivity contribution is 7.89. The quantitative estimate of drug-likeness (QED) is 0.895. The SMILES string of the molecule is NCc1ccc2c(c1)CN(S(=O)(=O)C(F)(F)F)CC2. The number of fused-ring (bicyclic) bond motifs is 1. The van der Waals surface area contributed by atoms with Gasteiger partial charge in [-0.25, -0.2) is 8.42 Å². The van der Waals surface area contributed by atoms with Gasteiger partial charge in [-0.1, -0.05) is 18.2 Å². The third-order valence-corrected chi connectivity index (χ3v) is 4.69. The lowest BCUT2D eigenvalue weighted by Crippen LogP contribution is -2.43. The summed E-state index contributed by atoms with van der Waals surface area (Å²) in [5.74, 6) is 0. The van der Waals surface area contributed by atoms with Gasteiger partial charge >= 0.3 is 15.5 Å². The van der Waals surface area contributed by atoms with E-state index in [9.17, 15) is 21.6 Å². The standard InChI is InChI=1S/C11H13F3N2O2S/c12-11(13,14)19(17,18)16-4-3-9-2-1-8(6-15)5-10(9)7-16/h1-2,5H,3-4,6-7,15H2. The Morgan fingerprint density at radius 2 is 1.95 bits per heavy atom. The molecule has 0 unspecified atom stereocenters. The maximum Gasteiger partial charge on any atom is 0.511 e. The summed E-state index contributed by atoms with van der Waals surface area (Å²) in [6, 6.07) is 5.25. The van der Waals surface area contributed by atoms with Gasteiger partial charge in [0.25, 0.3) is 0 Å². The second-order valence-corrected chi connectivity index (χ2v) is 6.27. The van der Waals surface area contributed by atoms with E-state index in [1.807, 2.05) is 0 Å². The highest BCUT2D eigenvalue weighted by atomic mass is 32.2. The second-order valence-electron chi connectivity index (χ2n) is 4.34. The second kappa shape index (κ2) is 4.77. The number of nitrogens with two attached hydrogens (primary N) is 1. The minimum atomic E-state index is -5.26. The van der Waals surface area contributed by atoms with Crippen LogP contribution in [0.15, 0.2) is 18.2 Å². The van der Waals surface area contributed by atoms with Gasteiger partial charge in [0.1, 0.15) is 0 Å². The fourth-order valence-electron chi connectivity index (χ4n) is 2.06. The fraction of sp³-hybridized carbons (Fsp3) is 0.455. The molecule has 0 aromatic heterocycles. The molecule has 0 aliphatic carbocycles. The Balaban J connectivity index is 2.32. The molecule has 0 fully saturated rings. The first-order chi connectivity index (χ1) is 8.75. The third-order valence-electron chi connectivity index (χ3n) is 3.12. The van der Waals surface area contributed by atoms with Gasteiger partial charge in [0.15, 0.2) is 0 Å². The van der Waals surface area contributed by atoms with Gasteiger partial charge in [-0.15, -0.1) is 0 Å². The smallest absolute Gasteiger partial charge is 0.326 e. The lowest BCUT2D eigenvalue weighted by molar-refractivity contribution is -0.0492. The Labute approximate surface area is 109 Å². The van der Waals surface area contributed by atoms with Crippen LogP contribution in [0.2, 0.25) is 0 Å². The molecule has 0 saturated heterocycles. The lowest BCUT2D eigenvalue weighted by atomic mass is 9.99. The monoisotopic (exact) mass is 294 g/mol. The Morgan fingerprint density at radius 1 is 1.26 bits per heavy atom. The van der Waals surface area contributed by atoms with Crippen molar-refractivity contribution < 1.29 is 21.6 Å². The van der Waals surface area contributed by atoms with Crippen molar-refractivity contribution in [3.8, 4) is 0 Å². The number of nitrogens with zero attached hydrogens (tertiary/aromatic N) is 1. The van der Waals surface area contributed by atoms with Gasteiger partial charge < -0.3 is 5.73 Å². The van der Waals surface area contributed by atoms with Gasteiger partial charge in [-0.3, -0.25) is 0 Å². The van der Waals surface area contributed by atoms with Crippen LogP contribution >= 0.6 is 0 Å². The molecule has 1 aliphatic rings. The molecule has 19 heavy (non-hydrogen) atoms. The van der Waals surface area contributed by atoms with Gasteiger partial charge in [0, 0.05) is 19.6 Å². The van der Waals surface area contributed by atoms with E-state index in [4.69, 9.17) is 5.73 Å². The molecule has 2 N–H and O–H groups in total. The highest BCUT2D eigenvalue weighted by Crippen LogP contribution is 2.31. The molecular weight excluding hydrogens is 281 g/mol. The summed E-state index contributed by atoms with van der Waals surface area (Å²) in [6.07, 6.45) is 0.273. The Hall–Kier alpha value is -1.12. The zero-order valence-electron chi connectivity index (χ0n) is 9.94. The van der Waals surface area contributed by atoms with Crippen molar-refractivity contribution in [2.24, 2.45) is 5.73 Å². The van der Waals surface area contributed by atoms with E-state index in [1.54, 1.807) is 18.2 Å². The number of alkyl halides is 3. The summed E-state index contributed by atoms with van der Waals surface area (Å²) in [5.41, 5.74) is 2.43. The predicted molar refractivity (Wildman–Crippen MR) is 63.4 cm³/mol. The first-order valence-electron chi connectivity index (χ1n) is 5.63. The van der Waals surface area contributed by atoms with Crippen LogP contribution in [0.5, 0.6) is 0 Å². The molecule has 0 spiro atoms. The first kappa shape index (κ1) is 14.3. The van der Waals surface area contributed by atoms with E-state index in [1.165, 1.54) is 0 Å². The third kappa shape index (κ3) is 2.60. The summed E-state index contributed by atoms with van der Waals surface area (Å²) in [6.45, 7) is -0.152. The van der Waals surface area contributed by atoms with Gasteiger partial charge in [0.2, 0.25) is 0 Å². The number of hydrogen-bond donors (Lipinski definition) is 1. The summed E-state index contributed by atoms with van der Waals surface area (Å²) in [4.78, 5) is 0. The van der Waals surface area contributed by atoms with Crippen molar-refractivity contribution in [3.05, 3.63) is 34.9 Å². The van der Waals surface area contributed by atoms with Crippen molar-refractivity contribution in [2.45, 2.75) is 25.0 Å². The molecule has 2 rings (SSSR count). The van der Waals surface area contributed by atoms with Crippen molar-refractivity contribution in [1.29, 1.82) is 0 Å². The number of sulfonamides is 1. The molecule has 8 heteroatoms. The van der Waals surface area contributed by atoms with E-state index in [0.717, 1.165) is 11.1 Å².